The molecular weight excluding hydrogens is 252 g/mol. The minimum Gasteiger partial charge on any atom is -0.506 e. The zero-order valence-electron chi connectivity index (χ0n) is 6.62. The van der Waals surface area contributed by atoms with Crippen LogP contribution >= 0.6 is 27.3 Å². The van der Waals surface area contributed by atoms with E-state index < -0.39 is 0 Å². The molecule has 0 spiro atoms. The molecule has 0 atom stereocenters. The summed E-state index contributed by atoms with van der Waals surface area (Å²) in [6.45, 7) is -0.0553. The van der Waals surface area contributed by atoms with E-state index in [1.54, 1.807) is 5.38 Å². The van der Waals surface area contributed by atoms with Crippen LogP contribution in [0.4, 0.5) is 0 Å². The van der Waals surface area contributed by atoms with Crippen molar-refractivity contribution in [3.05, 3.63) is 27.5 Å². The lowest BCUT2D eigenvalue weighted by Gasteiger charge is -2.00. The smallest absolute Gasteiger partial charge is 0.134 e. The number of rotatable bonds is 1. The van der Waals surface area contributed by atoms with Gasteiger partial charge in [-0.3, -0.25) is 0 Å². The Morgan fingerprint density at radius 1 is 1.38 bits per heavy atom. The fourth-order valence-electron chi connectivity index (χ4n) is 1.32. The van der Waals surface area contributed by atoms with E-state index in [-0.39, 0.29) is 12.4 Å². The second-order valence-electron chi connectivity index (χ2n) is 2.72. The van der Waals surface area contributed by atoms with Gasteiger partial charge in [0.05, 0.1) is 6.61 Å². The molecule has 0 radical (unpaired) electrons. The number of fused-ring (bicyclic) bond motifs is 1. The number of thiophene rings is 1. The van der Waals surface area contributed by atoms with E-state index in [1.807, 2.05) is 12.1 Å². The molecule has 0 bridgehead atoms. The van der Waals surface area contributed by atoms with Crippen molar-refractivity contribution in [3.8, 4) is 5.75 Å². The summed E-state index contributed by atoms with van der Waals surface area (Å²) in [7, 11) is 0. The number of halogens is 1. The number of aromatic hydroxyl groups is 1. The number of aliphatic hydroxyl groups is 1. The number of benzene rings is 1. The van der Waals surface area contributed by atoms with E-state index in [9.17, 15) is 5.11 Å². The molecule has 1 aromatic carbocycles. The van der Waals surface area contributed by atoms with Gasteiger partial charge in [-0.05, 0) is 17.7 Å². The van der Waals surface area contributed by atoms with Gasteiger partial charge in [0.1, 0.15) is 5.75 Å². The lowest BCUT2D eigenvalue weighted by atomic mass is 10.1. The minimum atomic E-state index is -0.0553. The Hall–Kier alpha value is -0.580. The fraction of sp³-hybridized carbons (Fsp3) is 0.111. The highest BCUT2D eigenvalue weighted by molar-refractivity contribution is 9.10. The average Bonchev–Trinajstić information content (AvgIpc) is 2.46. The molecule has 0 unspecified atom stereocenters. The zero-order valence-corrected chi connectivity index (χ0v) is 9.02. The van der Waals surface area contributed by atoms with Crippen LogP contribution in [-0.4, -0.2) is 10.2 Å². The molecule has 2 nitrogen and oxygen atoms in total. The first-order valence-corrected chi connectivity index (χ1v) is 5.39. The Bertz CT molecular complexity index is 450. The Morgan fingerprint density at radius 3 is 2.85 bits per heavy atom. The third kappa shape index (κ3) is 1.45. The van der Waals surface area contributed by atoms with Gasteiger partial charge in [0, 0.05) is 19.9 Å². The molecule has 68 valence electrons. The second-order valence-corrected chi connectivity index (χ2v) is 4.54. The van der Waals surface area contributed by atoms with Crippen molar-refractivity contribution in [2.45, 2.75) is 6.61 Å². The summed E-state index contributed by atoms with van der Waals surface area (Å²) in [4.78, 5) is 0. The van der Waals surface area contributed by atoms with Gasteiger partial charge < -0.3 is 10.2 Å². The molecule has 13 heavy (non-hydrogen) atoms. The average molecular weight is 259 g/mol. The van der Waals surface area contributed by atoms with Crippen molar-refractivity contribution in [1.82, 2.24) is 0 Å². The third-order valence-electron chi connectivity index (χ3n) is 1.87. The van der Waals surface area contributed by atoms with Gasteiger partial charge in [0.2, 0.25) is 0 Å². The van der Waals surface area contributed by atoms with E-state index in [0.29, 0.717) is 0 Å². The molecule has 0 aliphatic heterocycles. The van der Waals surface area contributed by atoms with E-state index in [0.717, 1.165) is 20.1 Å². The summed E-state index contributed by atoms with van der Waals surface area (Å²) in [6.07, 6.45) is 0. The molecule has 0 amide bonds. The molecular formula is C9H7BrO2S. The number of hydrogen-bond donors (Lipinski definition) is 2. The van der Waals surface area contributed by atoms with E-state index in [2.05, 4.69) is 15.9 Å². The van der Waals surface area contributed by atoms with Crippen LogP contribution in [0, 0.1) is 0 Å². The maximum absolute atomic E-state index is 9.50. The normalized spacial score (nSPS) is 10.9. The molecule has 2 aromatic rings. The highest BCUT2D eigenvalue weighted by Crippen LogP contribution is 2.36. The van der Waals surface area contributed by atoms with Gasteiger partial charge in [-0.1, -0.05) is 15.9 Å². The topological polar surface area (TPSA) is 40.5 Å². The standard InChI is InChI=1S/C9H7BrO2S/c10-6-1-5(3-11)9-7(12)4-13-8(9)2-6/h1-2,4,11-12H,3H2. The summed E-state index contributed by atoms with van der Waals surface area (Å²) in [5.74, 6) is 0.247. The largest absolute Gasteiger partial charge is 0.506 e. The monoisotopic (exact) mass is 258 g/mol. The van der Waals surface area contributed by atoms with Crippen molar-refractivity contribution >= 4 is 37.4 Å². The van der Waals surface area contributed by atoms with E-state index in [4.69, 9.17) is 5.11 Å². The molecule has 0 aliphatic rings. The lowest BCUT2D eigenvalue weighted by Crippen LogP contribution is -1.83. The summed E-state index contributed by atoms with van der Waals surface area (Å²) in [5, 5.41) is 21.0. The number of aliphatic hydroxyl groups excluding tert-OH is 1. The van der Waals surface area contributed by atoms with Crippen molar-refractivity contribution in [2.24, 2.45) is 0 Å². The minimum absolute atomic E-state index is 0.0553. The van der Waals surface area contributed by atoms with Crippen LogP contribution in [0.3, 0.4) is 0 Å². The molecule has 0 saturated carbocycles. The van der Waals surface area contributed by atoms with Crippen LogP contribution in [0.2, 0.25) is 0 Å². The van der Waals surface area contributed by atoms with Gasteiger partial charge in [-0.25, -0.2) is 0 Å². The summed E-state index contributed by atoms with van der Waals surface area (Å²) >= 11 is 4.81. The SMILES string of the molecule is OCc1cc(Br)cc2scc(O)c12. The van der Waals surface area contributed by atoms with Crippen LogP contribution in [0.5, 0.6) is 5.75 Å². The third-order valence-corrected chi connectivity index (χ3v) is 3.25. The quantitative estimate of drug-likeness (QED) is 0.826. The molecule has 0 aliphatic carbocycles. The fourth-order valence-corrected chi connectivity index (χ4v) is 2.88. The van der Waals surface area contributed by atoms with Gasteiger partial charge in [0.15, 0.2) is 0 Å². The highest BCUT2D eigenvalue weighted by atomic mass is 79.9. The Morgan fingerprint density at radius 2 is 2.15 bits per heavy atom. The molecule has 1 aromatic heterocycles. The van der Waals surface area contributed by atoms with Crippen molar-refractivity contribution in [3.63, 3.8) is 0 Å². The first kappa shape index (κ1) is 8.99. The zero-order chi connectivity index (χ0) is 9.42. The first-order valence-electron chi connectivity index (χ1n) is 3.72. The second kappa shape index (κ2) is 3.29. The lowest BCUT2D eigenvalue weighted by molar-refractivity contribution is 0.283. The van der Waals surface area contributed by atoms with Crippen LogP contribution in [0.25, 0.3) is 10.1 Å². The molecule has 0 saturated heterocycles. The predicted octanol–water partition coefficient (Wildman–Crippen LogP) is 2.86. The van der Waals surface area contributed by atoms with E-state index in [1.165, 1.54) is 11.3 Å². The summed E-state index contributed by atoms with van der Waals surface area (Å²) in [5.41, 5.74) is 0.753. The molecule has 2 rings (SSSR count). The Kier molecular flexibility index (Phi) is 2.27. The van der Waals surface area contributed by atoms with Crippen LogP contribution in [-0.2, 0) is 6.61 Å². The van der Waals surface area contributed by atoms with E-state index >= 15 is 0 Å². The molecule has 1 heterocycles. The van der Waals surface area contributed by atoms with Gasteiger partial charge in [0.25, 0.3) is 0 Å². The maximum atomic E-state index is 9.50. The predicted molar refractivity (Wildman–Crippen MR) is 57.1 cm³/mol. The Labute approximate surface area is 87.6 Å². The van der Waals surface area contributed by atoms with Crippen LogP contribution < -0.4 is 0 Å². The summed E-state index contributed by atoms with van der Waals surface area (Å²) in [6, 6.07) is 3.74. The summed E-state index contributed by atoms with van der Waals surface area (Å²) < 4.78 is 1.90. The molecule has 0 fully saturated rings. The maximum Gasteiger partial charge on any atom is 0.134 e. The number of hydrogen-bond acceptors (Lipinski definition) is 3. The van der Waals surface area contributed by atoms with Crippen molar-refractivity contribution < 1.29 is 10.2 Å². The van der Waals surface area contributed by atoms with Gasteiger partial charge >= 0.3 is 0 Å². The van der Waals surface area contributed by atoms with Crippen molar-refractivity contribution in [1.29, 1.82) is 0 Å². The van der Waals surface area contributed by atoms with Crippen LogP contribution in [0.1, 0.15) is 5.56 Å². The van der Waals surface area contributed by atoms with Gasteiger partial charge in [-0.15, -0.1) is 11.3 Å². The van der Waals surface area contributed by atoms with Crippen molar-refractivity contribution in [2.75, 3.05) is 0 Å². The van der Waals surface area contributed by atoms with Crippen LogP contribution in [0.15, 0.2) is 22.0 Å². The van der Waals surface area contributed by atoms with Gasteiger partial charge in [-0.2, -0.15) is 0 Å². The molecule has 2 N–H and O–H groups in total. The first-order chi connectivity index (χ1) is 6.22. The highest BCUT2D eigenvalue weighted by Gasteiger charge is 2.08. The molecule has 4 heteroatoms. The Balaban J connectivity index is 2.85.